The molecule has 156 valence electrons. The molecular weight excluding hydrogens is 414 g/mol. The number of nitrogens with one attached hydrogen (secondary N) is 1. The molecule has 0 aliphatic carbocycles. The van der Waals surface area contributed by atoms with E-state index in [0.29, 0.717) is 53.5 Å². The van der Waals surface area contributed by atoms with Crippen LogP contribution in [0.1, 0.15) is 18.1 Å². The first-order chi connectivity index (χ1) is 14.0. The standard InChI is InChI=1S/C21H24ClNO5S/c1-13(21(24)23-11-14-4-5-17(25-2)18(9-14)26-3)29-12-15-8-16(22)20-19(10-15)27-6-7-28-20/h4-5,8-10,13H,6-7,11-12H2,1-3H3,(H,23,24). The number of amides is 1. The summed E-state index contributed by atoms with van der Waals surface area (Å²) in [5.74, 6) is 3.15. The summed E-state index contributed by atoms with van der Waals surface area (Å²) >= 11 is 7.81. The predicted molar refractivity (Wildman–Crippen MR) is 115 cm³/mol. The Kier molecular flexibility index (Phi) is 7.39. The molecule has 0 fully saturated rings. The van der Waals surface area contributed by atoms with Crippen LogP contribution >= 0.6 is 23.4 Å². The maximum Gasteiger partial charge on any atom is 0.233 e. The summed E-state index contributed by atoms with van der Waals surface area (Å²) in [6, 6.07) is 9.35. The molecule has 1 amide bonds. The van der Waals surface area contributed by atoms with E-state index in [1.807, 2.05) is 37.3 Å². The van der Waals surface area contributed by atoms with Crippen molar-refractivity contribution in [1.29, 1.82) is 0 Å². The van der Waals surface area contributed by atoms with Gasteiger partial charge in [0.1, 0.15) is 13.2 Å². The number of ether oxygens (including phenoxy) is 4. The molecule has 2 aromatic rings. The van der Waals surface area contributed by atoms with E-state index in [0.717, 1.165) is 11.1 Å². The summed E-state index contributed by atoms with van der Waals surface area (Å²) in [4.78, 5) is 12.5. The number of hydrogen-bond donors (Lipinski definition) is 1. The van der Waals surface area contributed by atoms with Crippen molar-refractivity contribution in [3.8, 4) is 23.0 Å². The van der Waals surface area contributed by atoms with Crippen LogP contribution in [0.15, 0.2) is 30.3 Å². The number of carbonyl (C=O) groups excluding carboxylic acids is 1. The Hall–Kier alpha value is -2.25. The summed E-state index contributed by atoms with van der Waals surface area (Å²) in [6.07, 6.45) is 0. The van der Waals surface area contributed by atoms with Crippen molar-refractivity contribution in [2.75, 3.05) is 27.4 Å². The Bertz CT molecular complexity index is 876. The molecule has 1 unspecified atom stereocenters. The van der Waals surface area contributed by atoms with Crippen LogP contribution in [0.2, 0.25) is 5.02 Å². The van der Waals surface area contributed by atoms with E-state index in [-0.39, 0.29) is 11.2 Å². The van der Waals surface area contributed by atoms with Crippen molar-refractivity contribution in [2.45, 2.75) is 24.5 Å². The van der Waals surface area contributed by atoms with Gasteiger partial charge in [-0.25, -0.2) is 0 Å². The Morgan fingerprint density at radius 1 is 1.14 bits per heavy atom. The van der Waals surface area contributed by atoms with Crippen LogP contribution in [0.25, 0.3) is 0 Å². The summed E-state index contributed by atoms with van der Waals surface area (Å²) in [5.41, 5.74) is 1.93. The van der Waals surface area contributed by atoms with Crippen molar-refractivity contribution in [3.63, 3.8) is 0 Å². The third kappa shape index (κ3) is 5.42. The van der Waals surface area contributed by atoms with Crippen LogP contribution in [0, 0.1) is 0 Å². The lowest BCUT2D eigenvalue weighted by atomic mass is 10.2. The van der Waals surface area contributed by atoms with E-state index >= 15 is 0 Å². The van der Waals surface area contributed by atoms with Crippen LogP contribution < -0.4 is 24.3 Å². The van der Waals surface area contributed by atoms with Crippen molar-refractivity contribution in [3.05, 3.63) is 46.5 Å². The number of thioether (sulfide) groups is 1. The molecule has 0 radical (unpaired) electrons. The molecule has 3 rings (SSSR count). The SMILES string of the molecule is COc1ccc(CNC(=O)C(C)SCc2cc(Cl)c3c(c2)OCCO3)cc1OC. The van der Waals surface area contributed by atoms with Gasteiger partial charge in [-0.2, -0.15) is 0 Å². The molecule has 1 heterocycles. The minimum Gasteiger partial charge on any atom is -0.493 e. The second-order valence-electron chi connectivity index (χ2n) is 6.46. The van der Waals surface area contributed by atoms with Crippen LogP contribution in [0.4, 0.5) is 0 Å². The number of rotatable bonds is 8. The Labute approximate surface area is 179 Å². The van der Waals surface area contributed by atoms with Gasteiger partial charge in [-0.15, -0.1) is 11.8 Å². The van der Waals surface area contributed by atoms with Crippen LogP contribution in [-0.4, -0.2) is 38.6 Å². The molecule has 1 aliphatic heterocycles. The Morgan fingerprint density at radius 2 is 1.90 bits per heavy atom. The number of carbonyl (C=O) groups is 1. The fraction of sp³-hybridized carbons (Fsp3) is 0.381. The maximum absolute atomic E-state index is 12.5. The second kappa shape index (κ2) is 9.98. The molecule has 1 N–H and O–H groups in total. The molecule has 0 saturated heterocycles. The van der Waals surface area contributed by atoms with Gasteiger partial charge in [-0.3, -0.25) is 4.79 Å². The molecule has 6 nitrogen and oxygen atoms in total. The van der Waals surface area contributed by atoms with Gasteiger partial charge in [0.25, 0.3) is 0 Å². The van der Waals surface area contributed by atoms with Gasteiger partial charge in [-0.05, 0) is 42.3 Å². The lowest BCUT2D eigenvalue weighted by Gasteiger charge is -2.20. The minimum absolute atomic E-state index is 0.0339. The van der Waals surface area contributed by atoms with Crippen molar-refractivity contribution in [1.82, 2.24) is 5.32 Å². The number of halogens is 1. The molecule has 8 heteroatoms. The molecule has 1 atom stereocenters. The lowest BCUT2D eigenvalue weighted by Crippen LogP contribution is -2.30. The highest BCUT2D eigenvalue weighted by Gasteiger charge is 2.18. The molecule has 1 aliphatic rings. The smallest absolute Gasteiger partial charge is 0.233 e. The van der Waals surface area contributed by atoms with E-state index in [1.54, 1.807) is 14.2 Å². The average Bonchev–Trinajstić information content (AvgIpc) is 2.75. The van der Waals surface area contributed by atoms with Crippen molar-refractivity contribution in [2.24, 2.45) is 0 Å². The van der Waals surface area contributed by atoms with E-state index in [9.17, 15) is 4.79 Å². The largest absolute Gasteiger partial charge is 0.493 e. The molecule has 0 spiro atoms. The highest BCUT2D eigenvalue weighted by Crippen LogP contribution is 2.39. The van der Waals surface area contributed by atoms with E-state index in [4.69, 9.17) is 30.5 Å². The maximum atomic E-state index is 12.5. The first kappa shape index (κ1) is 21.5. The first-order valence-corrected chi connectivity index (χ1v) is 10.6. The number of fused-ring (bicyclic) bond motifs is 1. The van der Waals surface area contributed by atoms with Gasteiger partial charge < -0.3 is 24.3 Å². The molecule has 29 heavy (non-hydrogen) atoms. The predicted octanol–water partition coefficient (Wildman–Crippen LogP) is 4.07. The van der Waals surface area contributed by atoms with Gasteiger partial charge >= 0.3 is 0 Å². The van der Waals surface area contributed by atoms with E-state index in [2.05, 4.69) is 5.32 Å². The summed E-state index contributed by atoms with van der Waals surface area (Å²) in [5, 5.41) is 3.27. The van der Waals surface area contributed by atoms with E-state index < -0.39 is 0 Å². The zero-order chi connectivity index (χ0) is 20.8. The molecular formula is C21H24ClNO5S. The Balaban J connectivity index is 1.53. The normalized spacial score (nSPS) is 13.5. The van der Waals surface area contributed by atoms with Gasteiger partial charge in [0.15, 0.2) is 23.0 Å². The zero-order valence-corrected chi connectivity index (χ0v) is 18.2. The first-order valence-electron chi connectivity index (χ1n) is 9.20. The van der Waals surface area contributed by atoms with Crippen LogP contribution in [0.3, 0.4) is 0 Å². The number of benzene rings is 2. The third-order valence-corrected chi connectivity index (χ3v) is 5.94. The summed E-state index contributed by atoms with van der Waals surface area (Å²) in [6.45, 7) is 3.31. The monoisotopic (exact) mass is 437 g/mol. The average molecular weight is 438 g/mol. The second-order valence-corrected chi connectivity index (χ2v) is 8.20. The topological polar surface area (TPSA) is 66.0 Å². The van der Waals surface area contributed by atoms with Gasteiger partial charge in [0, 0.05) is 12.3 Å². The van der Waals surface area contributed by atoms with Gasteiger partial charge in [-0.1, -0.05) is 17.7 Å². The van der Waals surface area contributed by atoms with Crippen LogP contribution in [-0.2, 0) is 17.1 Å². The van der Waals surface area contributed by atoms with Crippen LogP contribution in [0.5, 0.6) is 23.0 Å². The Morgan fingerprint density at radius 3 is 2.66 bits per heavy atom. The lowest BCUT2D eigenvalue weighted by molar-refractivity contribution is -0.120. The highest BCUT2D eigenvalue weighted by molar-refractivity contribution is 7.99. The summed E-state index contributed by atoms with van der Waals surface area (Å²) < 4.78 is 21.7. The zero-order valence-electron chi connectivity index (χ0n) is 16.6. The van der Waals surface area contributed by atoms with E-state index in [1.165, 1.54) is 11.8 Å². The van der Waals surface area contributed by atoms with Gasteiger partial charge in [0.2, 0.25) is 5.91 Å². The number of hydrogen-bond acceptors (Lipinski definition) is 6. The molecule has 2 aromatic carbocycles. The minimum atomic E-state index is -0.220. The number of methoxy groups -OCH3 is 2. The molecule has 0 saturated carbocycles. The van der Waals surface area contributed by atoms with Crippen molar-refractivity contribution < 1.29 is 23.7 Å². The highest BCUT2D eigenvalue weighted by atomic mass is 35.5. The van der Waals surface area contributed by atoms with Gasteiger partial charge in [0.05, 0.1) is 24.5 Å². The summed E-state index contributed by atoms with van der Waals surface area (Å²) in [7, 11) is 3.18. The quantitative estimate of drug-likeness (QED) is 0.671. The molecule has 0 aromatic heterocycles. The third-order valence-electron chi connectivity index (χ3n) is 4.44. The fourth-order valence-corrected chi connectivity index (χ4v) is 4.00. The van der Waals surface area contributed by atoms with Crippen molar-refractivity contribution >= 4 is 29.3 Å². The molecule has 0 bridgehead atoms. The fourth-order valence-electron chi connectivity index (χ4n) is 2.87.